The molecule has 2 N–H and O–H groups in total. The molecular weight excluding hydrogens is 274 g/mol. The molecule has 1 aliphatic carbocycles. The molecule has 1 saturated heterocycles. The van der Waals surface area contributed by atoms with E-state index in [1.807, 2.05) is 0 Å². The molecule has 0 bridgehead atoms. The first-order valence-electron chi connectivity index (χ1n) is 8.06. The molecule has 1 heterocycles. The molecule has 1 saturated carbocycles. The smallest absolute Gasteiger partial charge is 0.212 e. The average molecular weight is 303 g/mol. The Morgan fingerprint density at radius 2 is 1.85 bits per heavy atom. The maximum atomic E-state index is 11.9. The van der Waals surface area contributed by atoms with E-state index >= 15 is 0 Å². The van der Waals surface area contributed by atoms with Crippen molar-refractivity contribution in [2.75, 3.05) is 45.0 Å². The van der Waals surface area contributed by atoms with Crippen LogP contribution in [0.15, 0.2) is 0 Å². The first-order chi connectivity index (χ1) is 9.66. The Balaban J connectivity index is 1.55. The fourth-order valence-corrected chi connectivity index (χ4v) is 4.27. The highest BCUT2D eigenvalue weighted by molar-refractivity contribution is 7.89. The van der Waals surface area contributed by atoms with Crippen LogP contribution in [0.2, 0.25) is 0 Å². The van der Waals surface area contributed by atoms with Crippen molar-refractivity contribution in [2.24, 2.45) is 5.92 Å². The van der Waals surface area contributed by atoms with Gasteiger partial charge in [-0.15, -0.1) is 0 Å². The normalized spacial score (nSPS) is 22.4. The number of nitrogens with one attached hydrogen (secondary N) is 2. The predicted molar refractivity (Wildman–Crippen MR) is 82.3 cm³/mol. The van der Waals surface area contributed by atoms with Crippen molar-refractivity contribution < 1.29 is 8.42 Å². The standard InChI is InChI=1S/C14H29N3O2S/c18-20(19,13-12-17-10-8-15-9-11-17)16-7-3-6-14-4-1-2-5-14/h14-16H,1-13H2. The summed E-state index contributed by atoms with van der Waals surface area (Å²) in [7, 11) is -3.09. The van der Waals surface area contributed by atoms with Crippen LogP contribution < -0.4 is 10.0 Å². The van der Waals surface area contributed by atoms with Gasteiger partial charge in [0.2, 0.25) is 10.0 Å². The maximum Gasteiger partial charge on any atom is 0.212 e. The van der Waals surface area contributed by atoms with Gasteiger partial charge in [0.05, 0.1) is 5.75 Å². The summed E-state index contributed by atoms with van der Waals surface area (Å²) in [5.41, 5.74) is 0. The molecule has 118 valence electrons. The highest BCUT2D eigenvalue weighted by Crippen LogP contribution is 2.28. The maximum absolute atomic E-state index is 11.9. The first kappa shape index (κ1) is 16.2. The lowest BCUT2D eigenvalue weighted by atomic mass is 10.0. The van der Waals surface area contributed by atoms with Gasteiger partial charge < -0.3 is 5.32 Å². The molecule has 0 spiro atoms. The average Bonchev–Trinajstić information content (AvgIpc) is 2.96. The summed E-state index contributed by atoms with van der Waals surface area (Å²) in [6, 6.07) is 0. The van der Waals surface area contributed by atoms with E-state index in [1.54, 1.807) is 0 Å². The molecule has 0 unspecified atom stereocenters. The third kappa shape index (κ3) is 6.08. The van der Waals surface area contributed by atoms with Crippen molar-refractivity contribution in [3.8, 4) is 0 Å². The van der Waals surface area contributed by atoms with Crippen LogP contribution in [0.1, 0.15) is 38.5 Å². The zero-order valence-electron chi connectivity index (χ0n) is 12.4. The summed E-state index contributed by atoms with van der Waals surface area (Å²) < 4.78 is 26.6. The monoisotopic (exact) mass is 303 g/mol. The molecule has 0 radical (unpaired) electrons. The van der Waals surface area contributed by atoms with Gasteiger partial charge in [0.1, 0.15) is 0 Å². The topological polar surface area (TPSA) is 61.4 Å². The summed E-state index contributed by atoms with van der Waals surface area (Å²) in [5.74, 6) is 1.08. The van der Waals surface area contributed by atoms with E-state index in [2.05, 4.69) is 14.9 Å². The zero-order chi connectivity index (χ0) is 14.3. The molecule has 0 amide bonds. The lowest BCUT2D eigenvalue weighted by Crippen LogP contribution is -2.46. The minimum absolute atomic E-state index is 0.233. The van der Waals surface area contributed by atoms with Crippen LogP contribution in [0.25, 0.3) is 0 Å². The van der Waals surface area contributed by atoms with Gasteiger partial charge in [-0.3, -0.25) is 4.90 Å². The summed E-state index contributed by atoms with van der Waals surface area (Å²) >= 11 is 0. The van der Waals surface area contributed by atoms with Crippen LogP contribution in [0, 0.1) is 5.92 Å². The number of hydrogen-bond acceptors (Lipinski definition) is 4. The van der Waals surface area contributed by atoms with Crippen molar-refractivity contribution in [3.05, 3.63) is 0 Å². The fourth-order valence-electron chi connectivity index (χ4n) is 3.17. The van der Waals surface area contributed by atoms with Crippen LogP contribution in [-0.4, -0.2) is 58.3 Å². The molecule has 2 aliphatic rings. The van der Waals surface area contributed by atoms with Gasteiger partial charge in [-0.1, -0.05) is 25.7 Å². The second-order valence-corrected chi connectivity index (χ2v) is 8.02. The largest absolute Gasteiger partial charge is 0.314 e. The van der Waals surface area contributed by atoms with Crippen LogP contribution in [-0.2, 0) is 10.0 Å². The summed E-state index contributed by atoms with van der Waals surface area (Å²) in [6.45, 7) is 5.11. The van der Waals surface area contributed by atoms with Crippen LogP contribution in [0.5, 0.6) is 0 Å². The van der Waals surface area contributed by atoms with Gasteiger partial charge >= 0.3 is 0 Å². The van der Waals surface area contributed by atoms with Gasteiger partial charge in [-0.05, 0) is 18.8 Å². The SMILES string of the molecule is O=S(=O)(CCN1CCNCC1)NCCCC1CCCC1. The Morgan fingerprint density at radius 1 is 1.15 bits per heavy atom. The van der Waals surface area contributed by atoms with E-state index in [0.29, 0.717) is 13.1 Å². The number of rotatable bonds is 8. The van der Waals surface area contributed by atoms with E-state index in [4.69, 9.17) is 0 Å². The van der Waals surface area contributed by atoms with Crippen LogP contribution >= 0.6 is 0 Å². The van der Waals surface area contributed by atoms with Gasteiger partial charge in [0.15, 0.2) is 0 Å². The fraction of sp³-hybridized carbons (Fsp3) is 1.00. The number of nitrogens with zero attached hydrogens (tertiary/aromatic N) is 1. The molecule has 2 rings (SSSR count). The molecular formula is C14H29N3O2S. The second-order valence-electron chi connectivity index (χ2n) is 6.10. The number of piperazine rings is 1. The summed E-state index contributed by atoms with van der Waals surface area (Å²) in [6.07, 6.45) is 7.57. The predicted octanol–water partition coefficient (Wildman–Crippen LogP) is 0.781. The summed E-state index contributed by atoms with van der Waals surface area (Å²) in [4.78, 5) is 2.22. The van der Waals surface area contributed by atoms with Gasteiger partial charge in [0, 0.05) is 39.3 Å². The molecule has 0 aromatic heterocycles. The first-order valence-corrected chi connectivity index (χ1v) is 9.71. The Morgan fingerprint density at radius 3 is 2.55 bits per heavy atom. The van der Waals surface area contributed by atoms with Gasteiger partial charge in [0.25, 0.3) is 0 Å². The second kappa shape index (κ2) is 8.32. The molecule has 6 heteroatoms. The van der Waals surface area contributed by atoms with E-state index in [-0.39, 0.29) is 5.75 Å². The Labute approximate surface area is 123 Å². The van der Waals surface area contributed by atoms with Crippen molar-refractivity contribution in [1.29, 1.82) is 0 Å². The van der Waals surface area contributed by atoms with Crippen molar-refractivity contribution in [2.45, 2.75) is 38.5 Å². The molecule has 0 aromatic rings. The summed E-state index contributed by atoms with van der Waals surface area (Å²) in [5, 5.41) is 3.27. The van der Waals surface area contributed by atoms with Crippen molar-refractivity contribution >= 4 is 10.0 Å². The molecule has 0 aromatic carbocycles. The third-order valence-corrected chi connectivity index (χ3v) is 5.84. The van der Waals surface area contributed by atoms with Crippen LogP contribution in [0.3, 0.4) is 0 Å². The van der Waals surface area contributed by atoms with Crippen molar-refractivity contribution in [3.63, 3.8) is 0 Å². The van der Waals surface area contributed by atoms with E-state index in [0.717, 1.165) is 38.5 Å². The minimum Gasteiger partial charge on any atom is -0.314 e. The van der Waals surface area contributed by atoms with E-state index in [9.17, 15) is 8.42 Å². The Hall–Kier alpha value is -0.170. The lowest BCUT2D eigenvalue weighted by Gasteiger charge is -2.26. The lowest BCUT2D eigenvalue weighted by molar-refractivity contribution is 0.253. The molecule has 20 heavy (non-hydrogen) atoms. The Bertz CT molecular complexity index is 361. The Kier molecular flexibility index (Phi) is 6.74. The van der Waals surface area contributed by atoms with E-state index < -0.39 is 10.0 Å². The van der Waals surface area contributed by atoms with Gasteiger partial charge in [-0.2, -0.15) is 0 Å². The molecule has 0 atom stereocenters. The molecule has 2 fully saturated rings. The molecule has 5 nitrogen and oxygen atoms in total. The highest BCUT2D eigenvalue weighted by Gasteiger charge is 2.16. The number of hydrogen-bond donors (Lipinski definition) is 2. The van der Waals surface area contributed by atoms with Gasteiger partial charge in [-0.25, -0.2) is 13.1 Å². The minimum atomic E-state index is -3.09. The van der Waals surface area contributed by atoms with E-state index in [1.165, 1.54) is 32.1 Å². The zero-order valence-corrected chi connectivity index (χ0v) is 13.3. The molecule has 1 aliphatic heterocycles. The van der Waals surface area contributed by atoms with Crippen molar-refractivity contribution in [1.82, 2.24) is 14.9 Å². The van der Waals surface area contributed by atoms with Crippen LogP contribution in [0.4, 0.5) is 0 Å². The highest BCUT2D eigenvalue weighted by atomic mass is 32.2. The quantitative estimate of drug-likeness (QED) is 0.651. The third-order valence-electron chi connectivity index (χ3n) is 4.47. The number of sulfonamides is 1.